The normalized spacial score (nSPS) is 17.1. The van der Waals surface area contributed by atoms with Crippen molar-refractivity contribution in [2.45, 2.75) is 46.1 Å². The Balaban J connectivity index is 1.73. The molecule has 164 valence electrons. The van der Waals surface area contributed by atoms with Gasteiger partial charge in [-0.15, -0.1) is 0 Å². The third-order valence-electron chi connectivity index (χ3n) is 5.33. The summed E-state index contributed by atoms with van der Waals surface area (Å²) in [4.78, 5) is 29.1. The zero-order valence-electron chi connectivity index (χ0n) is 18.8. The van der Waals surface area contributed by atoms with Gasteiger partial charge in [-0.3, -0.25) is 4.79 Å². The van der Waals surface area contributed by atoms with Gasteiger partial charge in [-0.2, -0.15) is 0 Å². The van der Waals surface area contributed by atoms with Crippen LogP contribution in [0.2, 0.25) is 0 Å². The number of furan rings is 1. The molecule has 1 fully saturated rings. The molecule has 1 aliphatic rings. The smallest absolute Gasteiger partial charge is 0.410 e. The van der Waals surface area contributed by atoms with Crippen molar-refractivity contribution in [3.63, 3.8) is 0 Å². The number of likely N-dealkylation sites (tertiary alicyclic amines) is 1. The first kappa shape index (κ1) is 22.0. The average Bonchev–Trinajstić information content (AvgIpc) is 3.01. The lowest BCUT2D eigenvalue weighted by Gasteiger charge is -2.35. The van der Waals surface area contributed by atoms with Gasteiger partial charge in [0.25, 0.3) is 5.91 Å². The molecular formula is C23H32N2O5. The van der Waals surface area contributed by atoms with E-state index in [9.17, 15) is 9.59 Å². The molecular weight excluding hydrogens is 384 g/mol. The zero-order valence-corrected chi connectivity index (χ0v) is 18.8. The second-order valence-corrected chi connectivity index (χ2v) is 9.02. The Morgan fingerprint density at radius 2 is 2.03 bits per heavy atom. The van der Waals surface area contributed by atoms with E-state index in [1.54, 1.807) is 19.1 Å². The Kier molecular flexibility index (Phi) is 6.29. The van der Waals surface area contributed by atoms with E-state index in [0.29, 0.717) is 42.3 Å². The number of carbonyl (C=O) groups is 2. The summed E-state index contributed by atoms with van der Waals surface area (Å²) in [6, 6.07) is 5.49. The van der Waals surface area contributed by atoms with Gasteiger partial charge < -0.3 is 23.7 Å². The van der Waals surface area contributed by atoms with Crippen molar-refractivity contribution in [1.29, 1.82) is 0 Å². The number of aryl methyl sites for hydroxylation is 1. The van der Waals surface area contributed by atoms with Crippen LogP contribution in [-0.2, 0) is 4.74 Å². The highest BCUT2D eigenvalue weighted by molar-refractivity contribution is 6.07. The molecule has 1 saturated heterocycles. The monoisotopic (exact) mass is 416 g/mol. The molecule has 0 N–H and O–H groups in total. The quantitative estimate of drug-likeness (QED) is 0.735. The third-order valence-corrected chi connectivity index (χ3v) is 5.33. The summed E-state index contributed by atoms with van der Waals surface area (Å²) in [5.41, 5.74) is 0.737. The molecule has 1 atom stereocenters. The van der Waals surface area contributed by atoms with Crippen LogP contribution in [0.25, 0.3) is 11.0 Å². The van der Waals surface area contributed by atoms with Crippen molar-refractivity contribution < 1.29 is 23.5 Å². The van der Waals surface area contributed by atoms with Crippen molar-refractivity contribution in [3.05, 3.63) is 29.5 Å². The number of nitrogens with zero attached hydrogens (tertiary/aromatic N) is 2. The van der Waals surface area contributed by atoms with Crippen LogP contribution in [0.3, 0.4) is 0 Å². The second kappa shape index (κ2) is 8.58. The van der Waals surface area contributed by atoms with Gasteiger partial charge in [0.15, 0.2) is 0 Å². The number of hydrogen-bond donors (Lipinski definition) is 0. The minimum Gasteiger partial charge on any atom is -0.497 e. The number of methoxy groups -OCH3 is 1. The first-order valence-corrected chi connectivity index (χ1v) is 10.4. The Morgan fingerprint density at radius 3 is 2.70 bits per heavy atom. The molecule has 0 spiro atoms. The van der Waals surface area contributed by atoms with Crippen LogP contribution in [0.5, 0.6) is 5.75 Å². The van der Waals surface area contributed by atoms with E-state index in [-0.39, 0.29) is 17.9 Å². The topological polar surface area (TPSA) is 72.2 Å². The Morgan fingerprint density at radius 1 is 1.30 bits per heavy atom. The molecule has 1 aromatic heterocycles. The number of benzene rings is 1. The van der Waals surface area contributed by atoms with Gasteiger partial charge in [-0.25, -0.2) is 4.79 Å². The standard InChI is InChI=1S/C23H32N2O5/c1-15-20(18-12-17(28-6)9-10-19(18)29-15)21(26)25-11-7-8-16(14-25)13-24(5)22(27)30-23(2,3)4/h9-10,12,16H,7-8,11,13-14H2,1-6H3. The summed E-state index contributed by atoms with van der Waals surface area (Å²) in [7, 11) is 3.35. The Hall–Kier alpha value is -2.70. The summed E-state index contributed by atoms with van der Waals surface area (Å²) in [6.45, 7) is 9.23. The molecule has 2 amide bonds. The summed E-state index contributed by atoms with van der Waals surface area (Å²) < 4.78 is 16.6. The Labute approximate surface area is 177 Å². The van der Waals surface area contributed by atoms with Gasteiger partial charge in [0.1, 0.15) is 22.7 Å². The first-order chi connectivity index (χ1) is 14.1. The predicted octanol–water partition coefficient (Wildman–Crippen LogP) is 4.47. The highest BCUT2D eigenvalue weighted by Crippen LogP contribution is 2.31. The average molecular weight is 417 g/mol. The second-order valence-electron chi connectivity index (χ2n) is 9.02. The largest absolute Gasteiger partial charge is 0.497 e. The van der Waals surface area contributed by atoms with Crippen LogP contribution in [0.1, 0.15) is 49.7 Å². The fraction of sp³-hybridized carbons (Fsp3) is 0.565. The minimum atomic E-state index is -0.527. The van der Waals surface area contributed by atoms with Crippen molar-refractivity contribution in [2.75, 3.05) is 33.8 Å². The Bertz CT molecular complexity index is 928. The van der Waals surface area contributed by atoms with Crippen molar-refractivity contribution in [3.8, 4) is 5.75 Å². The summed E-state index contributed by atoms with van der Waals surface area (Å²) in [5.74, 6) is 1.46. The predicted molar refractivity (Wildman–Crippen MR) is 115 cm³/mol. The lowest BCUT2D eigenvalue weighted by atomic mass is 9.96. The molecule has 2 aromatic rings. The van der Waals surface area contributed by atoms with Gasteiger partial charge >= 0.3 is 6.09 Å². The zero-order chi connectivity index (χ0) is 22.1. The number of rotatable bonds is 4. The molecule has 1 unspecified atom stereocenters. The third kappa shape index (κ3) is 4.89. The van der Waals surface area contributed by atoms with Crippen LogP contribution in [-0.4, -0.2) is 61.2 Å². The molecule has 0 bridgehead atoms. The maximum atomic E-state index is 13.4. The first-order valence-electron chi connectivity index (χ1n) is 10.4. The molecule has 1 aliphatic heterocycles. The van der Waals surface area contributed by atoms with E-state index >= 15 is 0 Å². The number of ether oxygens (including phenoxy) is 2. The number of fused-ring (bicyclic) bond motifs is 1. The lowest BCUT2D eigenvalue weighted by Crippen LogP contribution is -2.45. The van der Waals surface area contributed by atoms with Gasteiger partial charge in [-0.05, 0) is 64.7 Å². The summed E-state index contributed by atoms with van der Waals surface area (Å²) in [5, 5.41) is 0.768. The highest BCUT2D eigenvalue weighted by Gasteiger charge is 2.30. The fourth-order valence-electron chi connectivity index (χ4n) is 3.95. The summed E-state index contributed by atoms with van der Waals surface area (Å²) in [6.07, 6.45) is 1.53. The van der Waals surface area contributed by atoms with Gasteiger partial charge in [0.05, 0.1) is 12.7 Å². The lowest BCUT2D eigenvalue weighted by molar-refractivity contribution is 0.0244. The van der Waals surface area contributed by atoms with E-state index in [1.807, 2.05) is 50.8 Å². The summed E-state index contributed by atoms with van der Waals surface area (Å²) >= 11 is 0. The minimum absolute atomic E-state index is 0.0378. The van der Waals surface area contributed by atoms with Crippen LogP contribution < -0.4 is 4.74 Å². The van der Waals surface area contributed by atoms with Crippen LogP contribution in [0, 0.1) is 12.8 Å². The van der Waals surface area contributed by atoms with Gasteiger partial charge in [0, 0.05) is 32.1 Å². The molecule has 0 aliphatic carbocycles. The maximum absolute atomic E-state index is 13.4. The molecule has 3 rings (SSSR count). The SMILES string of the molecule is COc1ccc2oc(C)c(C(=O)N3CCCC(CN(C)C(=O)OC(C)(C)C)C3)c2c1. The van der Waals surface area contributed by atoms with Gasteiger partial charge in [0.2, 0.25) is 0 Å². The van der Waals surface area contributed by atoms with E-state index in [4.69, 9.17) is 13.9 Å². The number of hydrogen-bond acceptors (Lipinski definition) is 5. The van der Waals surface area contributed by atoms with Crippen LogP contribution >= 0.6 is 0 Å². The molecule has 7 heteroatoms. The van der Waals surface area contributed by atoms with Crippen LogP contribution in [0.4, 0.5) is 4.79 Å². The maximum Gasteiger partial charge on any atom is 0.410 e. The molecule has 0 radical (unpaired) electrons. The van der Waals surface area contributed by atoms with E-state index in [1.165, 1.54) is 0 Å². The molecule has 7 nitrogen and oxygen atoms in total. The molecule has 30 heavy (non-hydrogen) atoms. The number of amides is 2. The number of carbonyl (C=O) groups excluding carboxylic acids is 2. The highest BCUT2D eigenvalue weighted by atomic mass is 16.6. The van der Waals surface area contributed by atoms with E-state index in [0.717, 1.165) is 18.2 Å². The van der Waals surface area contributed by atoms with Crippen molar-refractivity contribution in [1.82, 2.24) is 9.80 Å². The molecule has 0 saturated carbocycles. The number of piperidine rings is 1. The van der Waals surface area contributed by atoms with E-state index < -0.39 is 5.60 Å². The molecule has 2 heterocycles. The fourth-order valence-corrected chi connectivity index (χ4v) is 3.95. The van der Waals surface area contributed by atoms with Crippen molar-refractivity contribution >= 4 is 23.0 Å². The van der Waals surface area contributed by atoms with Gasteiger partial charge in [-0.1, -0.05) is 0 Å². The van der Waals surface area contributed by atoms with Crippen molar-refractivity contribution in [2.24, 2.45) is 5.92 Å². The van der Waals surface area contributed by atoms with Crippen LogP contribution in [0.15, 0.2) is 22.6 Å². The van der Waals surface area contributed by atoms with E-state index in [2.05, 4.69) is 0 Å². The molecule has 1 aromatic carbocycles.